The first-order valence-electron chi connectivity index (χ1n) is 11.3. The van der Waals surface area contributed by atoms with Crippen LogP contribution in [0.15, 0.2) is 24.3 Å². The Morgan fingerprint density at radius 2 is 1.70 bits per heavy atom. The molecule has 1 aliphatic heterocycles. The standard InChI is InChI=1S/C23H39N3O3S/c1-17-15-26(16-18(2)29-17)22-8-6-7-21(13-22)24-14-19-9-11-20(12-10-19)25-30(27,28)23(3,4)5/h6-8,13,17-20,24-25H,9-12,14-16H2,1-5H3. The van der Waals surface area contributed by atoms with Gasteiger partial charge < -0.3 is 15.0 Å². The lowest BCUT2D eigenvalue weighted by molar-refractivity contribution is -0.00521. The largest absolute Gasteiger partial charge is 0.385 e. The zero-order chi connectivity index (χ0) is 21.9. The molecule has 7 heteroatoms. The van der Waals surface area contributed by atoms with Crippen LogP contribution in [0.1, 0.15) is 60.3 Å². The Hall–Kier alpha value is -1.31. The Morgan fingerprint density at radius 1 is 1.07 bits per heavy atom. The highest BCUT2D eigenvalue weighted by Crippen LogP contribution is 2.28. The van der Waals surface area contributed by atoms with Crippen LogP contribution >= 0.6 is 0 Å². The molecular formula is C23H39N3O3S. The first kappa shape index (κ1) is 23.4. The number of ether oxygens (including phenoxy) is 1. The van der Waals surface area contributed by atoms with Gasteiger partial charge in [0.1, 0.15) is 0 Å². The summed E-state index contributed by atoms with van der Waals surface area (Å²) in [6.45, 7) is 12.3. The first-order valence-corrected chi connectivity index (χ1v) is 12.8. The van der Waals surface area contributed by atoms with Crippen LogP contribution in [0.3, 0.4) is 0 Å². The molecule has 2 N–H and O–H groups in total. The lowest BCUT2D eigenvalue weighted by Gasteiger charge is -2.37. The zero-order valence-corrected chi connectivity index (χ0v) is 20.0. The van der Waals surface area contributed by atoms with Crippen LogP contribution in [-0.4, -0.2) is 51.0 Å². The molecule has 0 amide bonds. The molecule has 0 spiro atoms. The molecule has 2 aliphatic rings. The second-order valence-corrected chi connectivity index (χ2v) is 12.5. The Bertz CT molecular complexity index is 788. The summed E-state index contributed by atoms with van der Waals surface area (Å²) in [6.07, 6.45) is 4.40. The van der Waals surface area contributed by atoms with Gasteiger partial charge in [-0.15, -0.1) is 0 Å². The van der Waals surface area contributed by atoms with Crippen molar-refractivity contribution in [3.05, 3.63) is 24.3 Å². The minimum absolute atomic E-state index is 0.0686. The number of hydrogen-bond donors (Lipinski definition) is 2. The van der Waals surface area contributed by atoms with E-state index in [-0.39, 0.29) is 18.2 Å². The minimum Gasteiger partial charge on any atom is -0.385 e. The van der Waals surface area contributed by atoms with E-state index < -0.39 is 14.8 Å². The molecule has 1 aromatic rings. The van der Waals surface area contributed by atoms with E-state index in [1.165, 1.54) is 5.69 Å². The monoisotopic (exact) mass is 437 g/mol. The highest BCUT2D eigenvalue weighted by Gasteiger charge is 2.32. The first-order chi connectivity index (χ1) is 14.0. The van der Waals surface area contributed by atoms with Crippen molar-refractivity contribution in [1.82, 2.24) is 4.72 Å². The summed E-state index contributed by atoms with van der Waals surface area (Å²) in [7, 11) is -3.27. The minimum atomic E-state index is -3.27. The van der Waals surface area contributed by atoms with Crippen molar-refractivity contribution in [1.29, 1.82) is 0 Å². The van der Waals surface area contributed by atoms with E-state index in [0.29, 0.717) is 5.92 Å². The van der Waals surface area contributed by atoms with Crippen LogP contribution in [0.4, 0.5) is 11.4 Å². The number of nitrogens with one attached hydrogen (secondary N) is 2. The predicted molar refractivity (Wildman–Crippen MR) is 125 cm³/mol. The molecule has 2 unspecified atom stereocenters. The van der Waals surface area contributed by atoms with Crippen molar-refractivity contribution in [2.24, 2.45) is 5.92 Å². The fraction of sp³-hybridized carbons (Fsp3) is 0.739. The van der Waals surface area contributed by atoms with Gasteiger partial charge in [-0.3, -0.25) is 0 Å². The maximum Gasteiger partial charge on any atom is 0.216 e. The van der Waals surface area contributed by atoms with Crippen molar-refractivity contribution in [2.45, 2.75) is 83.3 Å². The normalized spacial score (nSPS) is 28.4. The molecule has 1 saturated heterocycles. The van der Waals surface area contributed by atoms with Crippen molar-refractivity contribution in [3.63, 3.8) is 0 Å². The highest BCUT2D eigenvalue weighted by molar-refractivity contribution is 7.90. The third-order valence-corrected chi connectivity index (χ3v) is 8.46. The molecule has 2 atom stereocenters. The zero-order valence-electron chi connectivity index (χ0n) is 19.1. The molecule has 6 nitrogen and oxygen atoms in total. The molecule has 0 bridgehead atoms. The van der Waals surface area contributed by atoms with Crippen molar-refractivity contribution >= 4 is 21.4 Å². The summed E-state index contributed by atoms with van der Waals surface area (Å²) in [4.78, 5) is 2.40. The Balaban J connectivity index is 1.48. The fourth-order valence-corrected chi connectivity index (χ4v) is 5.37. The lowest BCUT2D eigenvalue weighted by atomic mass is 9.86. The SMILES string of the molecule is CC1CN(c2cccc(NCC3CCC(NS(=O)(=O)C(C)(C)C)CC3)c2)CC(C)O1. The van der Waals surface area contributed by atoms with Gasteiger partial charge in [0, 0.05) is 37.1 Å². The van der Waals surface area contributed by atoms with E-state index in [9.17, 15) is 8.42 Å². The maximum atomic E-state index is 12.4. The topological polar surface area (TPSA) is 70.7 Å². The number of morpholine rings is 1. The molecule has 170 valence electrons. The molecule has 1 aliphatic carbocycles. The number of rotatable bonds is 6. The maximum absolute atomic E-state index is 12.4. The van der Waals surface area contributed by atoms with Gasteiger partial charge in [-0.2, -0.15) is 0 Å². The molecule has 30 heavy (non-hydrogen) atoms. The molecule has 1 heterocycles. The van der Waals surface area contributed by atoms with Gasteiger partial charge in [0.15, 0.2) is 0 Å². The number of anilines is 2. The van der Waals surface area contributed by atoms with E-state index in [2.05, 4.69) is 53.1 Å². The van der Waals surface area contributed by atoms with E-state index in [1.807, 2.05) is 0 Å². The number of sulfonamides is 1. The second kappa shape index (κ2) is 9.45. The average molecular weight is 438 g/mol. The molecule has 0 aromatic heterocycles. The Morgan fingerprint density at radius 3 is 2.30 bits per heavy atom. The fourth-order valence-electron chi connectivity index (χ4n) is 4.34. The van der Waals surface area contributed by atoms with Crippen LogP contribution in [0, 0.1) is 5.92 Å². The van der Waals surface area contributed by atoms with Crippen LogP contribution in [0.5, 0.6) is 0 Å². The van der Waals surface area contributed by atoms with Crippen LogP contribution in [-0.2, 0) is 14.8 Å². The highest BCUT2D eigenvalue weighted by atomic mass is 32.2. The van der Waals surface area contributed by atoms with E-state index in [1.54, 1.807) is 20.8 Å². The average Bonchev–Trinajstić information content (AvgIpc) is 2.66. The van der Waals surface area contributed by atoms with Crippen molar-refractivity contribution in [2.75, 3.05) is 29.9 Å². The summed E-state index contributed by atoms with van der Waals surface area (Å²) in [5.74, 6) is 0.576. The second-order valence-electron chi connectivity index (χ2n) is 10.0. The van der Waals surface area contributed by atoms with E-state index in [4.69, 9.17) is 4.74 Å². The van der Waals surface area contributed by atoms with Crippen LogP contribution in [0.25, 0.3) is 0 Å². The summed E-state index contributed by atoms with van der Waals surface area (Å²) in [6, 6.07) is 8.70. The number of benzene rings is 1. The number of nitrogens with zero attached hydrogens (tertiary/aromatic N) is 1. The molecular weight excluding hydrogens is 398 g/mol. The lowest BCUT2D eigenvalue weighted by Crippen LogP contribution is -2.46. The molecule has 2 fully saturated rings. The molecule has 1 aromatic carbocycles. The van der Waals surface area contributed by atoms with Crippen LogP contribution < -0.4 is 14.9 Å². The van der Waals surface area contributed by atoms with Gasteiger partial charge in [0.2, 0.25) is 10.0 Å². The molecule has 0 radical (unpaired) electrons. The summed E-state index contributed by atoms with van der Waals surface area (Å²) < 4.78 is 32.8. The van der Waals surface area contributed by atoms with E-state index in [0.717, 1.165) is 51.0 Å². The van der Waals surface area contributed by atoms with Gasteiger partial charge in [-0.1, -0.05) is 6.07 Å². The van der Waals surface area contributed by atoms with Gasteiger partial charge in [0.05, 0.1) is 17.0 Å². The number of hydrogen-bond acceptors (Lipinski definition) is 5. The quantitative estimate of drug-likeness (QED) is 0.704. The van der Waals surface area contributed by atoms with Crippen molar-refractivity contribution < 1.29 is 13.2 Å². The van der Waals surface area contributed by atoms with Crippen LogP contribution in [0.2, 0.25) is 0 Å². The van der Waals surface area contributed by atoms with Gasteiger partial charge in [0.25, 0.3) is 0 Å². The van der Waals surface area contributed by atoms with E-state index >= 15 is 0 Å². The predicted octanol–water partition coefficient (Wildman–Crippen LogP) is 3.99. The summed E-state index contributed by atoms with van der Waals surface area (Å²) in [5.41, 5.74) is 2.39. The Labute approximate surface area is 182 Å². The molecule has 1 saturated carbocycles. The third-order valence-electron chi connectivity index (χ3n) is 6.20. The van der Waals surface area contributed by atoms with Gasteiger partial charge >= 0.3 is 0 Å². The Kier molecular flexibility index (Phi) is 7.36. The summed E-state index contributed by atoms with van der Waals surface area (Å²) >= 11 is 0. The summed E-state index contributed by atoms with van der Waals surface area (Å²) in [5, 5.41) is 3.61. The van der Waals surface area contributed by atoms with Gasteiger partial charge in [-0.25, -0.2) is 13.1 Å². The van der Waals surface area contributed by atoms with Gasteiger partial charge in [-0.05, 0) is 84.4 Å². The van der Waals surface area contributed by atoms with Crippen molar-refractivity contribution in [3.8, 4) is 0 Å². The smallest absolute Gasteiger partial charge is 0.216 e. The third kappa shape index (κ3) is 6.11. The molecule has 3 rings (SSSR count).